The maximum atomic E-state index is 12.7. The Hall–Kier alpha value is -1.60. The second kappa shape index (κ2) is 4.58. The number of benzene rings is 1. The summed E-state index contributed by atoms with van der Waals surface area (Å²) in [5, 5.41) is 17.2. The van der Waals surface area contributed by atoms with E-state index < -0.39 is 17.4 Å². The lowest BCUT2D eigenvalue weighted by Gasteiger charge is -1.97. The first-order valence-corrected chi connectivity index (χ1v) is 3.93. The molecular formula is C10H8F2O2. The quantitative estimate of drug-likeness (QED) is 0.670. The van der Waals surface area contributed by atoms with Gasteiger partial charge in [0.05, 0.1) is 6.61 Å². The van der Waals surface area contributed by atoms with Crippen molar-refractivity contribution < 1.29 is 19.0 Å². The fourth-order valence-electron chi connectivity index (χ4n) is 0.858. The van der Waals surface area contributed by atoms with Crippen molar-refractivity contribution in [2.45, 2.75) is 6.42 Å². The molecule has 0 saturated carbocycles. The van der Waals surface area contributed by atoms with Gasteiger partial charge in [0.15, 0.2) is 17.4 Å². The summed E-state index contributed by atoms with van der Waals surface area (Å²) in [6.45, 7) is -0.101. The highest BCUT2D eigenvalue weighted by atomic mass is 19.1. The maximum absolute atomic E-state index is 12.7. The van der Waals surface area contributed by atoms with Crippen LogP contribution in [0.25, 0.3) is 0 Å². The Morgan fingerprint density at radius 3 is 2.29 bits per heavy atom. The van der Waals surface area contributed by atoms with E-state index >= 15 is 0 Å². The van der Waals surface area contributed by atoms with Crippen molar-refractivity contribution in [1.29, 1.82) is 0 Å². The van der Waals surface area contributed by atoms with Crippen molar-refractivity contribution in [3.05, 3.63) is 29.3 Å². The topological polar surface area (TPSA) is 40.5 Å². The van der Waals surface area contributed by atoms with E-state index in [-0.39, 0.29) is 18.6 Å². The van der Waals surface area contributed by atoms with Gasteiger partial charge in [0.1, 0.15) is 0 Å². The van der Waals surface area contributed by atoms with Crippen molar-refractivity contribution in [2.24, 2.45) is 0 Å². The van der Waals surface area contributed by atoms with Crippen LogP contribution in [0, 0.1) is 23.5 Å². The average Bonchev–Trinajstić information content (AvgIpc) is 2.14. The molecule has 0 fully saturated rings. The summed E-state index contributed by atoms with van der Waals surface area (Å²) in [6, 6.07) is 1.87. The minimum absolute atomic E-state index is 0.101. The van der Waals surface area contributed by atoms with Gasteiger partial charge in [0, 0.05) is 12.0 Å². The number of halogens is 2. The van der Waals surface area contributed by atoms with Gasteiger partial charge < -0.3 is 10.2 Å². The van der Waals surface area contributed by atoms with E-state index in [1.807, 2.05) is 0 Å². The SMILES string of the molecule is OCCC#Cc1cc(F)c(O)c(F)c1. The number of phenolic OH excluding ortho intramolecular Hbond substituents is 1. The molecule has 0 aromatic heterocycles. The highest BCUT2D eigenvalue weighted by Crippen LogP contribution is 2.20. The van der Waals surface area contributed by atoms with Crippen LogP contribution in [-0.4, -0.2) is 16.8 Å². The van der Waals surface area contributed by atoms with Crippen molar-refractivity contribution in [3.63, 3.8) is 0 Å². The predicted molar refractivity (Wildman–Crippen MR) is 46.6 cm³/mol. The van der Waals surface area contributed by atoms with Crippen LogP contribution in [0.4, 0.5) is 8.78 Å². The Bertz CT molecular complexity index is 368. The summed E-state index contributed by atoms with van der Waals surface area (Å²) < 4.78 is 25.5. The summed E-state index contributed by atoms with van der Waals surface area (Å²) in [4.78, 5) is 0. The maximum Gasteiger partial charge on any atom is 0.187 e. The lowest BCUT2D eigenvalue weighted by molar-refractivity contribution is 0.305. The molecule has 0 unspecified atom stereocenters. The van der Waals surface area contributed by atoms with Crippen LogP contribution in [0.3, 0.4) is 0 Å². The molecule has 0 aliphatic rings. The summed E-state index contributed by atoms with van der Waals surface area (Å²) in [7, 11) is 0. The standard InChI is InChI=1S/C10H8F2O2/c11-8-5-7(3-1-2-4-13)6-9(12)10(8)14/h5-6,13-14H,2,4H2. The monoisotopic (exact) mass is 198 g/mol. The number of hydrogen-bond donors (Lipinski definition) is 2. The zero-order valence-corrected chi connectivity index (χ0v) is 7.22. The van der Waals surface area contributed by atoms with E-state index in [4.69, 9.17) is 10.2 Å². The molecule has 0 aliphatic heterocycles. The number of rotatable bonds is 1. The minimum atomic E-state index is -1.04. The second-order valence-electron chi connectivity index (χ2n) is 2.56. The zero-order valence-electron chi connectivity index (χ0n) is 7.22. The molecule has 2 nitrogen and oxygen atoms in total. The summed E-state index contributed by atoms with van der Waals surface area (Å²) >= 11 is 0. The van der Waals surface area contributed by atoms with Gasteiger partial charge in [-0.3, -0.25) is 0 Å². The van der Waals surface area contributed by atoms with Gasteiger partial charge >= 0.3 is 0 Å². The van der Waals surface area contributed by atoms with Crippen LogP contribution in [0.2, 0.25) is 0 Å². The van der Waals surface area contributed by atoms with E-state index in [9.17, 15) is 8.78 Å². The van der Waals surface area contributed by atoms with Gasteiger partial charge in [-0.2, -0.15) is 0 Å². The Labute approximate surface area is 79.8 Å². The molecule has 0 atom stereocenters. The normalized spacial score (nSPS) is 9.36. The van der Waals surface area contributed by atoms with Gasteiger partial charge in [-0.15, -0.1) is 0 Å². The highest BCUT2D eigenvalue weighted by Gasteiger charge is 2.07. The molecule has 0 saturated heterocycles. The van der Waals surface area contributed by atoms with E-state index in [2.05, 4.69) is 11.8 Å². The number of aliphatic hydroxyl groups excluding tert-OH is 1. The molecule has 0 radical (unpaired) electrons. The van der Waals surface area contributed by atoms with Gasteiger partial charge in [0.2, 0.25) is 0 Å². The van der Waals surface area contributed by atoms with Crippen LogP contribution in [0.1, 0.15) is 12.0 Å². The van der Waals surface area contributed by atoms with Crippen molar-refractivity contribution in [1.82, 2.24) is 0 Å². The molecule has 0 spiro atoms. The van der Waals surface area contributed by atoms with Gasteiger partial charge in [-0.05, 0) is 12.1 Å². The Morgan fingerprint density at radius 1 is 1.21 bits per heavy atom. The Kier molecular flexibility index (Phi) is 3.43. The fraction of sp³-hybridized carbons (Fsp3) is 0.200. The molecule has 1 aromatic rings. The lowest BCUT2D eigenvalue weighted by atomic mass is 10.2. The molecule has 0 aliphatic carbocycles. The number of aliphatic hydroxyl groups is 1. The van der Waals surface area contributed by atoms with Crippen LogP contribution in [0.15, 0.2) is 12.1 Å². The molecule has 0 heterocycles. The van der Waals surface area contributed by atoms with Crippen molar-refractivity contribution in [2.75, 3.05) is 6.61 Å². The van der Waals surface area contributed by atoms with Crippen molar-refractivity contribution >= 4 is 0 Å². The third kappa shape index (κ3) is 2.44. The van der Waals surface area contributed by atoms with Gasteiger partial charge in [-0.25, -0.2) is 8.78 Å². The number of aromatic hydroxyl groups is 1. The second-order valence-corrected chi connectivity index (χ2v) is 2.56. The largest absolute Gasteiger partial charge is 0.503 e. The molecule has 4 heteroatoms. The first-order chi connectivity index (χ1) is 6.65. The summed E-state index contributed by atoms with van der Waals surface area (Å²) in [5.74, 6) is 1.88. The Morgan fingerprint density at radius 2 is 1.79 bits per heavy atom. The van der Waals surface area contributed by atoms with E-state index in [0.717, 1.165) is 12.1 Å². The minimum Gasteiger partial charge on any atom is -0.503 e. The first-order valence-electron chi connectivity index (χ1n) is 3.93. The van der Waals surface area contributed by atoms with E-state index in [1.165, 1.54) is 0 Å². The molecular weight excluding hydrogens is 190 g/mol. The predicted octanol–water partition coefficient (Wildman–Crippen LogP) is 1.40. The number of phenols is 1. The van der Waals surface area contributed by atoms with Gasteiger partial charge in [0.25, 0.3) is 0 Å². The van der Waals surface area contributed by atoms with Gasteiger partial charge in [-0.1, -0.05) is 11.8 Å². The number of hydrogen-bond acceptors (Lipinski definition) is 2. The van der Waals surface area contributed by atoms with Crippen LogP contribution in [-0.2, 0) is 0 Å². The molecule has 0 bridgehead atoms. The molecule has 1 aromatic carbocycles. The fourth-order valence-corrected chi connectivity index (χ4v) is 0.858. The third-order valence-corrected chi connectivity index (χ3v) is 1.49. The smallest absolute Gasteiger partial charge is 0.187 e. The summed E-state index contributed by atoms with van der Waals surface area (Å²) in [5.41, 5.74) is 0.131. The molecule has 0 amide bonds. The third-order valence-electron chi connectivity index (χ3n) is 1.49. The molecule has 14 heavy (non-hydrogen) atoms. The average molecular weight is 198 g/mol. The van der Waals surface area contributed by atoms with Crippen LogP contribution >= 0.6 is 0 Å². The highest BCUT2D eigenvalue weighted by molar-refractivity contribution is 5.39. The molecule has 2 N–H and O–H groups in total. The van der Waals surface area contributed by atoms with Crippen molar-refractivity contribution in [3.8, 4) is 17.6 Å². The van der Waals surface area contributed by atoms with Crippen LogP contribution < -0.4 is 0 Å². The zero-order chi connectivity index (χ0) is 10.6. The van der Waals surface area contributed by atoms with Crippen LogP contribution in [0.5, 0.6) is 5.75 Å². The molecule has 74 valence electrons. The molecule has 1 rings (SSSR count). The van der Waals surface area contributed by atoms with E-state index in [1.54, 1.807) is 0 Å². The van der Waals surface area contributed by atoms with E-state index in [0.29, 0.717) is 0 Å². The first kappa shape index (κ1) is 10.5. The lowest BCUT2D eigenvalue weighted by Crippen LogP contribution is -1.86. The Balaban J connectivity index is 2.97. The summed E-state index contributed by atoms with van der Waals surface area (Å²) in [6.07, 6.45) is 0.240.